The summed E-state index contributed by atoms with van der Waals surface area (Å²) in [5, 5.41) is 0. The van der Waals surface area contributed by atoms with Crippen molar-refractivity contribution in [2.45, 2.75) is 46.3 Å². The maximum atomic E-state index is 11.8. The summed E-state index contributed by atoms with van der Waals surface area (Å²) >= 11 is 3.33. The Morgan fingerprint density at radius 3 is 2.61 bits per heavy atom. The molecule has 4 nitrogen and oxygen atoms in total. The van der Waals surface area contributed by atoms with Crippen LogP contribution in [0.4, 0.5) is 0 Å². The van der Waals surface area contributed by atoms with Gasteiger partial charge in [-0.2, -0.15) is 0 Å². The summed E-state index contributed by atoms with van der Waals surface area (Å²) in [6, 6.07) is 1.76. The van der Waals surface area contributed by atoms with Crippen molar-refractivity contribution in [3.63, 3.8) is 0 Å². The highest BCUT2D eigenvalue weighted by molar-refractivity contribution is 9.10. The van der Waals surface area contributed by atoms with Crippen molar-refractivity contribution in [2.24, 2.45) is 0 Å². The molecule has 0 aliphatic heterocycles. The summed E-state index contributed by atoms with van der Waals surface area (Å²) in [4.78, 5) is 23.4. The fourth-order valence-electron chi connectivity index (χ4n) is 1.51. The molecule has 0 N–H and O–H groups in total. The van der Waals surface area contributed by atoms with Gasteiger partial charge in [0.05, 0.1) is 6.42 Å². The molecule has 18 heavy (non-hydrogen) atoms. The van der Waals surface area contributed by atoms with Gasteiger partial charge in [0, 0.05) is 22.8 Å². The highest BCUT2D eigenvalue weighted by atomic mass is 79.9. The molecule has 5 heteroatoms. The number of halogens is 1. The number of rotatable bonds is 3. The van der Waals surface area contributed by atoms with Crippen molar-refractivity contribution in [1.29, 1.82) is 0 Å². The first kappa shape index (κ1) is 15.0. The lowest BCUT2D eigenvalue weighted by Gasteiger charge is -2.19. The average Bonchev–Trinajstić information content (AvgIpc) is 2.18. The smallest absolute Gasteiger partial charge is 0.308 e. The molecule has 0 saturated carbocycles. The van der Waals surface area contributed by atoms with Gasteiger partial charge in [-0.3, -0.25) is 9.59 Å². The van der Waals surface area contributed by atoms with Crippen molar-refractivity contribution in [3.8, 4) is 0 Å². The van der Waals surface area contributed by atoms with E-state index in [-0.39, 0.29) is 17.9 Å². The second-order valence-corrected chi connectivity index (χ2v) is 6.09. The van der Waals surface area contributed by atoms with Crippen LogP contribution < -0.4 is 5.56 Å². The second-order valence-electron chi connectivity index (χ2n) is 5.18. The molecular weight excluding hydrogens is 298 g/mol. The monoisotopic (exact) mass is 315 g/mol. The van der Waals surface area contributed by atoms with E-state index < -0.39 is 5.60 Å². The van der Waals surface area contributed by atoms with Gasteiger partial charge in [0.1, 0.15) is 5.60 Å². The van der Waals surface area contributed by atoms with Crippen molar-refractivity contribution in [3.05, 3.63) is 32.7 Å². The van der Waals surface area contributed by atoms with Crippen LogP contribution in [0.25, 0.3) is 0 Å². The van der Waals surface area contributed by atoms with Crippen molar-refractivity contribution in [1.82, 2.24) is 4.57 Å². The fraction of sp³-hybridized carbons (Fsp3) is 0.538. The third-order valence-corrected chi connectivity index (χ3v) is 2.64. The molecule has 0 fully saturated rings. The first-order valence-corrected chi connectivity index (χ1v) is 6.57. The zero-order valence-corrected chi connectivity index (χ0v) is 12.7. The van der Waals surface area contributed by atoms with E-state index in [1.165, 1.54) is 4.57 Å². The lowest BCUT2D eigenvalue weighted by atomic mass is 10.2. The molecular formula is C13H18BrNO3. The Bertz CT molecular complexity index is 500. The minimum Gasteiger partial charge on any atom is -0.460 e. The van der Waals surface area contributed by atoms with E-state index in [1.54, 1.807) is 19.2 Å². The molecule has 1 aromatic rings. The molecule has 0 atom stereocenters. The Labute approximate surface area is 115 Å². The third-order valence-electron chi connectivity index (χ3n) is 2.21. The largest absolute Gasteiger partial charge is 0.460 e. The predicted molar refractivity (Wildman–Crippen MR) is 73.6 cm³/mol. The van der Waals surface area contributed by atoms with E-state index in [2.05, 4.69) is 15.9 Å². The van der Waals surface area contributed by atoms with E-state index in [4.69, 9.17) is 4.74 Å². The molecule has 0 aliphatic rings. The van der Waals surface area contributed by atoms with Gasteiger partial charge in [0.15, 0.2) is 0 Å². The standard InChI is InChI=1S/C13H18BrNO3/c1-9-7-10(14)8-15(12(9)17)6-5-11(16)18-13(2,3)4/h7-8H,5-6H2,1-4H3. The number of carbonyl (C=O) groups is 1. The van der Waals surface area contributed by atoms with Gasteiger partial charge in [0.2, 0.25) is 0 Å². The molecule has 1 heterocycles. The molecule has 1 rings (SSSR count). The van der Waals surface area contributed by atoms with Crippen LogP contribution in [0.2, 0.25) is 0 Å². The highest BCUT2D eigenvalue weighted by Gasteiger charge is 2.16. The number of nitrogens with zero attached hydrogens (tertiary/aromatic N) is 1. The predicted octanol–water partition coefficient (Wildman–Crippen LogP) is 2.65. The number of esters is 1. The van der Waals surface area contributed by atoms with E-state index >= 15 is 0 Å². The first-order valence-electron chi connectivity index (χ1n) is 5.77. The molecule has 0 spiro atoms. The Morgan fingerprint density at radius 1 is 1.44 bits per heavy atom. The molecule has 0 aliphatic carbocycles. The zero-order valence-electron chi connectivity index (χ0n) is 11.1. The summed E-state index contributed by atoms with van der Waals surface area (Å²) in [5.41, 5.74) is 0.0743. The second kappa shape index (κ2) is 5.69. The number of ether oxygens (including phenoxy) is 1. The van der Waals surface area contributed by atoms with E-state index in [9.17, 15) is 9.59 Å². The molecule has 0 unspecified atom stereocenters. The lowest BCUT2D eigenvalue weighted by Crippen LogP contribution is -2.27. The van der Waals surface area contributed by atoms with Gasteiger partial charge >= 0.3 is 5.97 Å². The molecule has 0 amide bonds. The molecule has 0 bridgehead atoms. The van der Waals surface area contributed by atoms with Crippen LogP contribution in [0.15, 0.2) is 21.5 Å². The number of aryl methyl sites for hydroxylation is 2. The summed E-state index contributed by atoms with van der Waals surface area (Å²) in [6.07, 6.45) is 1.87. The Hall–Kier alpha value is -1.10. The van der Waals surface area contributed by atoms with Crippen LogP contribution in [-0.4, -0.2) is 16.1 Å². The van der Waals surface area contributed by atoms with Gasteiger partial charge in [-0.25, -0.2) is 0 Å². The van der Waals surface area contributed by atoms with E-state index in [0.29, 0.717) is 12.1 Å². The first-order chi connectivity index (χ1) is 8.19. The SMILES string of the molecule is Cc1cc(Br)cn(CCC(=O)OC(C)(C)C)c1=O. The third kappa shape index (κ3) is 4.64. The maximum Gasteiger partial charge on any atom is 0.308 e. The minimum absolute atomic E-state index is 0.0817. The summed E-state index contributed by atoms with van der Waals surface area (Å²) in [5.74, 6) is -0.299. The van der Waals surface area contributed by atoms with Crippen LogP contribution >= 0.6 is 15.9 Å². The lowest BCUT2D eigenvalue weighted by molar-refractivity contribution is -0.155. The highest BCUT2D eigenvalue weighted by Crippen LogP contribution is 2.10. The summed E-state index contributed by atoms with van der Waals surface area (Å²) < 4.78 is 7.53. The van der Waals surface area contributed by atoms with Crippen molar-refractivity contribution in [2.75, 3.05) is 0 Å². The van der Waals surface area contributed by atoms with Crippen LogP contribution in [0.3, 0.4) is 0 Å². The number of carbonyl (C=O) groups excluding carboxylic acids is 1. The number of hydrogen-bond donors (Lipinski definition) is 0. The molecule has 0 aromatic carbocycles. The minimum atomic E-state index is -0.491. The fourth-order valence-corrected chi connectivity index (χ4v) is 2.10. The number of aromatic nitrogens is 1. The van der Waals surface area contributed by atoms with Crippen molar-refractivity contribution < 1.29 is 9.53 Å². The number of hydrogen-bond acceptors (Lipinski definition) is 3. The van der Waals surface area contributed by atoms with Crippen LogP contribution in [-0.2, 0) is 16.1 Å². The summed E-state index contributed by atoms with van der Waals surface area (Å²) in [7, 11) is 0. The van der Waals surface area contributed by atoms with Gasteiger partial charge in [-0.1, -0.05) is 0 Å². The van der Waals surface area contributed by atoms with Crippen molar-refractivity contribution >= 4 is 21.9 Å². The van der Waals surface area contributed by atoms with Crippen LogP contribution in [0.5, 0.6) is 0 Å². The molecule has 0 radical (unpaired) electrons. The van der Waals surface area contributed by atoms with E-state index in [1.807, 2.05) is 20.8 Å². The zero-order chi connectivity index (χ0) is 13.9. The van der Waals surface area contributed by atoms with Gasteiger partial charge < -0.3 is 9.30 Å². The Morgan fingerprint density at radius 2 is 2.06 bits per heavy atom. The normalized spacial score (nSPS) is 11.4. The molecule has 0 saturated heterocycles. The van der Waals surface area contributed by atoms with E-state index in [0.717, 1.165) is 4.47 Å². The number of pyridine rings is 1. The van der Waals surface area contributed by atoms with Crippen LogP contribution in [0, 0.1) is 6.92 Å². The van der Waals surface area contributed by atoms with Gasteiger partial charge in [-0.15, -0.1) is 0 Å². The molecule has 1 aromatic heterocycles. The van der Waals surface area contributed by atoms with Gasteiger partial charge in [-0.05, 0) is 49.7 Å². The maximum absolute atomic E-state index is 11.8. The Balaban J connectivity index is 2.70. The quantitative estimate of drug-likeness (QED) is 0.806. The average molecular weight is 316 g/mol. The molecule has 100 valence electrons. The van der Waals surface area contributed by atoms with Crippen LogP contribution in [0.1, 0.15) is 32.8 Å². The van der Waals surface area contributed by atoms with Gasteiger partial charge in [0.25, 0.3) is 5.56 Å². The topological polar surface area (TPSA) is 48.3 Å². The summed E-state index contributed by atoms with van der Waals surface area (Å²) in [6.45, 7) is 7.53. The Kier molecular flexibility index (Phi) is 4.73.